The van der Waals surface area contributed by atoms with Gasteiger partial charge < -0.3 is 8.98 Å². The molecule has 13 rings (SSSR count). The second kappa shape index (κ2) is 16.7. The van der Waals surface area contributed by atoms with Gasteiger partial charge in [0, 0.05) is 43.8 Å². The number of rotatable bonds is 9. The van der Waals surface area contributed by atoms with Gasteiger partial charge in [0.05, 0.1) is 16.7 Å². The van der Waals surface area contributed by atoms with E-state index in [1.165, 1.54) is 31.5 Å². The molecular weight excluding hydrogens is 857 g/mol. The van der Waals surface area contributed by atoms with E-state index in [1.807, 2.05) is 12.1 Å². The van der Waals surface area contributed by atoms with Gasteiger partial charge in [0.25, 0.3) is 0 Å². The van der Waals surface area contributed by atoms with Crippen molar-refractivity contribution in [3.8, 4) is 51.0 Å². The van der Waals surface area contributed by atoms with Crippen LogP contribution < -0.4 is 20.7 Å². The molecule has 0 fully saturated rings. The van der Waals surface area contributed by atoms with Crippen LogP contribution in [0, 0.1) is 0 Å². The van der Waals surface area contributed by atoms with E-state index >= 15 is 0 Å². The van der Waals surface area contributed by atoms with Gasteiger partial charge in [-0.3, -0.25) is 0 Å². The number of para-hydroxylation sites is 5. The first-order valence-electron chi connectivity index (χ1n) is 23.4. The Hall–Kier alpha value is -8.97. The number of benzene rings is 10. The van der Waals surface area contributed by atoms with Crippen LogP contribution >= 0.6 is 0 Å². The molecule has 10 aromatic carbocycles. The maximum Gasteiger partial charge on any atom is 0.179 e. The molecule has 0 atom stereocenters. The molecule has 0 unspecified atom stereocenters. The lowest BCUT2D eigenvalue weighted by molar-refractivity contribution is 0.670. The molecule has 0 bridgehead atoms. The van der Waals surface area contributed by atoms with E-state index in [2.05, 4.69) is 247 Å². The van der Waals surface area contributed by atoms with E-state index in [0.29, 0.717) is 17.5 Å². The topological polar surface area (TPSA) is 56.7 Å². The van der Waals surface area contributed by atoms with Gasteiger partial charge in [-0.25, -0.2) is 15.0 Å². The molecule has 0 N–H and O–H groups in total. The van der Waals surface area contributed by atoms with E-state index in [0.717, 1.165) is 66.5 Å². The zero-order valence-electron chi connectivity index (χ0n) is 37.4. The average Bonchev–Trinajstić information content (AvgIpc) is 3.98. The average molecular weight is 899 g/mol. The normalized spacial score (nSPS) is 11.8. The first kappa shape index (κ1) is 40.3. The van der Waals surface area contributed by atoms with Crippen LogP contribution in [0.1, 0.15) is 0 Å². The van der Waals surface area contributed by atoms with E-state index in [-0.39, 0.29) is 0 Å². The highest BCUT2D eigenvalue weighted by atomic mass is 28.3. The third-order valence-electron chi connectivity index (χ3n) is 13.7. The highest BCUT2D eigenvalue weighted by molar-refractivity contribution is 7.19. The fraction of sp³-hybridized carbons (Fsp3) is 0. The highest BCUT2D eigenvalue weighted by Crippen LogP contribution is 2.41. The molecule has 0 spiro atoms. The van der Waals surface area contributed by atoms with Gasteiger partial charge >= 0.3 is 0 Å². The van der Waals surface area contributed by atoms with Crippen molar-refractivity contribution in [2.24, 2.45) is 0 Å². The van der Waals surface area contributed by atoms with Crippen LogP contribution in [-0.4, -0.2) is 27.6 Å². The Kier molecular flexibility index (Phi) is 9.77. The van der Waals surface area contributed by atoms with E-state index in [1.54, 1.807) is 0 Å². The Bertz CT molecular complexity index is 3860. The number of fused-ring (bicyclic) bond motifs is 6. The summed E-state index contributed by atoms with van der Waals surface area (Å²) in [6.45, 7) is 0. The van der Waals surface area contributed by atoms with Gasteiger partial charge in [-0.1, -0.05) is 224 Å². The number of hydrogen-bond acceptors (Lipinski definition) is 4. The molecule has 3 aromatic heterocycles. The van der Waals surface area contributed by atoms with Gasteiger partial charge in [-0.05, 0) is 56.6 Å². The summed E-state index contributed by atoms with van der Waals surface area (Å²) in [6.07, 6.45) is 0. The summed E-state index contributed by atoms with van der Waals surface area (Å²) in [7, 11) is -2.78. The zero-order valence-corrected chi connectivity index (χ0v) is 38.4. The second-order valence-electron chi connectivity index (χ2n) is 17.4. The highest BCUT2D eigenvalue weighted by Gasteiger charge is 2.41. The predicted octanol–water partition coefficient (Wildman–Crippen LogP) is 12.9. The summed E-state index contributed by atoms with van der Waals surface area (Å²) >= 11 is 0. The fourth-order valence-corrected chi connectivity index (χ4v) is 15.3. The summed E-state index contributed by atoms with van der Waals surface area (Å²) in [5.41, 5.74) is 9.51. The summed E-state index contributed by atoms with van der Waals surface area (Å²) < 4.78 is 8.97. The third kappa shape index (κ3) is 6.64. The Morgan fingerprint density at radius 3 is 1.36 bits per heavy atom. The van der Waals surface area contributed by atoms with Gasteiger partial charge in [0.2, 0.25) is 0 Å². The third-order valence-corrected chi connectivity index (χ3v) is 18.5. The van der Waals surface area contributed by atoms with Crippen LogP contribution in [0.2, 0.25) is 0 Å². The molecule has 13 aromatic rings. The fourth-order valence-electron chi connectivity index (χ4n) is 10.6. The smallest absolute Gasteiger partial charge is 0.179 e. The van der Waals surface area contributed by atoms with Crippen molar-refractivity contribution < 1.29 is 4.42 Å². The lowest BCUT2D eigenvalue weighted by Gasteiger charge is -2.34. The SMILES string of the molecule is c1ccc([Si](c2ccccc2)(c2ccccc2)c2ccc(-c3nc(-c4ccccc4-c4cccc5c4oc4ccccc45)nc(-c4ccccc4-n4c5ccccc5c5ccccc54)n3)cc2)cc1. The Labute approximate surface area is 400 Å². The number of hydrogen-bond donors (Lipinski definition) is 0. The lowest BCUT2D eigenvalue weighted by Crippen LogP contribution is -2.74. The minimum absolute atomic E-state index is 0.571. The summed E-state index contributed by atoms with van der Waals surface area (Å²) in [5.74, 6) is 1.73. The summed E-state index contributed by atoms with van der Waals surface area (Å²) in [6, 6.07) is 90.7. The minimum atomic E-state index is -2.78. The summed E-state index contributed by atoms with van der Waals surface area (Å²) in [4.78, 5) is 16.3. The van der Waals surface area contributed by atoms with Crippen molar-refractivity contribution in [2.45, 2.75) is 0 Å². The molecule has 0 radical (unpaired) electrons. The number of aromatic nitrogens is 4. The lowest BCUT2D eigenvalue weighted by atomic mass is 9.97. The van der Waals surface area contributed by atoms with Gasteiger partial charge in [-0.15, -0.1) is 0 Å². The molecule has 0 amide bonds. The Morgan fingerprint density at radius 2 is 0.739 bits per heavy atom. The largest absolute Gasteiger partial charge is 0.455 e. The van der Waals surface area contributed by atoms with E-state index in [4.69, 9.17) is 19.4 Å². The van der Waals surface area contributed by atoms with Crippen LogP contribution in [0.5, 0.6) is 0 Å². The molecule has 3 heterocycles. The molecule has 0 saturated heterocycles. The van der Waals surface area contributed by atoms with Gasteiger partial charge in [-0.2, -0.15) is 0 Å². The molecule has 0 aliphatic rings. The molecule has 0 aliphatic carbocycles. The van der Waals surface area contributed by atoms with E-state index < -0.39 is 8.07 Å². The standard InChI is InChI=1S/C63H42N4OSi/c1-4-21-44(22-5-1)69(45-23-6-2-7-24-45,46-25-8-3-9-26-46)47-41-39-43(40-42-47)61-64-62(54-31-11-10-27-48(54)52-33-20-34-53-51-30-15-19-38-59(51)68-60(52)53)66-63(65-61)55-32-14-18-37-58(55)67-56-35-16-12-28-49(56)50-29-13-17-36-57(50)67/h1-42H. The van der Waals surface area contributed by atoms with Crippen molar-refractivity contribution in [2.75, 3.05) is 0 Å². The first-order valence-corrected chi connectivity index (χ1v) is 25.4. The molecule has 0 aliphatic heterocycles. The van der Waals surface area contributed by atoms with Crippen LogP contribution in [0.25, 0.3) is 94.7 Å². The van der Waals surface area contributed by atoms with Crippen molar-refractivity contribution in [3.05, 3.63) is 255 Å². The zero-order chi connectivity index (χ0) is 45.7. The molecule has 69 heavy (non-hydrogen) atoms. The molecule has 5 nitrogen and oxygen atoms in total. The van der Waals surface area contributed by atoms with Crippen molar-refractivity contribution in [3.63, 3.8) is 0 Å². The van der Waals surface area contributed by atoms with Crippen molar-refractivity contribution >= 4 is 72.6 Å². The molecule has 6 heteroatoms. The van der Waals surface area contributed by atoms with Crippen LogP contribution in [0.4, 0.5) is 0 Å². The molecule has 0 saturated carbocycles. The van der Waals surface area contributed by atoms with Crippen molar-refractivity contribution in [1.82, 2.24) is 19.5 Å². The molecule has 324 valence electrons. The van der Waals surface area contributed by atoms with Gasteiger partial charge in [0.15, 0.2) is 25.5 Å². The van der Waals surface area contributed by atoms with Crippen LogP contribution in [-0.2, 0) is 0 Å². The molecular formula is C63H42N4OSi. The monoisotopic (exact) mass is 898 g/mol. The summed E-state index contributed by atoms with van der Waals surface area (Å²) in [5, 5.41) is 9.75. The Morgan fingerprint density at radius 1 is 0.304 bits per heavy atom. The quantitative estimate of drug-likeness (QED) is 0.107. The maximum atomic E-state index is 6.62. The van der Waals surface area contributed by atoms with Gasteiger partial charge in [0.1, 0.15) is 11.2 Å². The maximum absolute atomic E-state index is 6.62. The predicted molar refractivity (Wildman–Crippen MR) is 287 cm³/mol. The number of furan rings is 1. The number of nitrogens with zero attached hydrogens (tertiary/aromatic N) is 4. The first-order chi connectivity index (χ1) is 34.2. The second-order valence-corrected chi connectivity index (χ2v) is 21.3. The van der Waals surface area contributed by atoms with Crippen LogP contribution in [0.15, 0.2) is 259 Å². The minimum Gasteiger partial charge on any atom is -0.455 e. The van der Waals surface area contributed by atoms with Crippen molar-refractivity contribution in [1.29, 1.82) is 0 Å². The Balaban J connectivity index is 1.04. The van der Waals surface area contributed by atoms with Crippen LogP contribution in [0.3, 0.4) is 0 Å². The van der Waals surface area contributed by atoms with E-state index in [9.17, 15) is 0 Å².